The van der Waals surface area contributed by atoms with Crippen LogP contribution in [-0.2, 0) is 133 Å². The molecule has 4 saturated heterocycles. The third-order valence-electron chi connectivity index (χ3n) is 15.9. The van der Waals surface area contributed by atoms with Gasteiger partial charge in [0.25, 0.3) is 0 Å². The number of ether oxygens (including phenoxy) is 20. The van der Waals surface area contributed by atoms with Crippen molar-refractivity contribution >= 4 is 93.2 Å². The van der Waals surface area contributed by atoms with E-state index >= 15 is 0 Å². The Bertz CT molecular complexity index is 3410. The Morgan fingerprint density at radius 1 is 0.292 bits per heavy atom. The Hall–Kier alpha value is -9.10. The zero-order valence-corrected chi connectivity index (χ0v) is 60.9. The van der Waals surface area contributed by atoms with Crippen molar-refractivity contribution < 1.29 is 152 Å². The number of esters is 12. The van der Waals surface area contributed by atoms with Gasteiger partial charge in [-0.3, -0.25) is 38.4 Å². The van der Waals surface area contributed by atoms with Gasteiger partial charge in [-0.05, 0) is 62.4 Å². The van der Waals surface area contributed by atoms with Crippen molar-refractivity contribution in [3.05, 3.63) is 144 Å². The molecule has 34 heteroatoms. The molecular formula is C72H82O32S2. The van der Waals surface area contributed by atoms with Crippen LogP contribution in [0.5, 0.6) is 0 Å². The van der Waals surface area contributed by atoms with Crippen LogP contribution in [0.15, 0.2) is 121 Å². The molecule has 0 radical (unpaired) electrons. The molecule has 574 valence electrons. The van der Waals surface area contributed by atoms with Gasteiger partial charge >= 0.3 is 71.6 Å². The van der Waals surface area contributed by atoms with Crippen molar-refractivity contribution in [3.63, 3.8) is 0 Å². The second-order valence-corrected chi connectivity index (χ2v) is 26.8. The fourth-order valence-electron chi connectivity index (χ4n) is 11.6. The molecule has 4 heterocycles. The van der Waals surface area contributed by atoms with Gasteiger partial charge < -0.3 is 94.7 Å². The molecule has 32 nitrogen and oxygen atoms in total. The van der Waals surface area contributed by atoms with Gasteiger partial charge in [0, 0.05) is 66.9 Å². The molecule has 0 aromatic heterocycles. The topological polar surface area (TPSA) is 389 Å². The minimum atomic E-state index is -1.84. The van der Waals surface area contributed by atoms with Crippen molar-refractivity contribution in [2.45, 2.75) is 192 Å². The van der Waals surface area contributed by atoms with Crippen LogP contribution in [0.1, 0.15) is 111 Å². The lowest BCUT2D eigenvalue weighted by atomic mass is 9.96. The molecule has 0 N–H and O–H groups in total. The van der Waals surface area contributed by atoms with Crippen molar-refractivity contribution in [1.82, 2.24) is 0 Å². The molecular weight excluding hydrogens is 1440 g/mol. The maximum atomic E-state index is 14.3. The van der Waals surface area contributed by atoms with Gasteiger partial charge in [0.1, 0.15) is 37.6 Å². The second-order valence-electron chi connectivity index (χ2n) is 24.1. The summed E-state index contributed by atoms with van der Waals surface area (Å²) in [6.07, 6.45) is -31.9. The third-order valence-corrected chi connectivity index (χ3v) is 18.3. The summed E-state index contributed by atoms with van der Waals surface area (Å²) >= 11 is 0. The molecule has 4 aliphatic rings. The van der Waals surface area contributed by atoms with E-state index in [1.54, 1.807) is 72.8 Å². The van der Waals surface area contributed by atoms with E-state index in [9.17, 15) is 57.5 Å². The average molecular weight is 1520 g/mol. The van der Waals surface area contributed by atoms with Gasteiger partial charge in [-0.1, -0.05) is 94.4 Å². The van der Waals surface area contributed by atoms with E-state index < -0.39 is 208 Å². The molecule has 4 aromatic rings. The molecule has 0 amide bonds. The van der Waals surface area contributed by atoms with Crippen LogP contribution in [0, 0.1) is 0 Å². The lowest BCUT2D eigenvalue weighted by molar-refractivity contribution is -0.355. The van der Waals surface area contributed by atoms with Gasteiger partial charge in [-0.25, -0.2) is 19.2 Å². The predicted octanol–water partition coefficient (Wildman–Crippen LogP) is 5.73. The molecule has 4 fully saturated rings. The molecule has 4 aromatic carbocycles. The Morgan fingerprint density at radius 3 is 0.811 bits per heavy atom. The van der Waals surface area contributed by atoms with E-state index in [0.717, 1.165) is 55.4 Å². The third kappa shape index (κ3) is 23.7. The number of rotatable bonds is 31. The highest BCUT2D eigenvalue weighted by Crippen LogP contribution is 2.39. The Balaban J connectivity index is 1.04. The van der Waals surface area contributed by atoms with Crippen molar-refractivity contribution in [3.8, 4) is 0 Å². The zero-order valence-electron chi connectivity index (χ0n) is 59.2. The summed E-state index contributed by atoms with van der Waals surface area (Å²) in [5.41, 5.74) is 0.231. The normalized spacial score (nSPS) is 28.3. The molecule has 0 spiro atoms. The summed E-state index contributed by atoms with van der Waals surface area (Å²) < 4.78 is 121. The monoisotopic (exact) mass is 1520 g/mol. The Labute approximate surface area is 616 Å². The standard InChI is InChI=1S/C72H82O32S2/c1-37-53(103-71-63(95-45(9)79)59(93-43(7)77)55(91-41(5)75)51(97-71)35-87-39(3)73)57(99-65(81)47-23-15-11-16-24-47)61(101-67(83)49-27-19-13-20-28-49)69(89-37)85-31-33-105-106-34-32-86-70-62(102-68(84)50-29-21-14-22-30-50)58(100-66(82)48-25-17-12-18-26-48)54(38(2)90-70)104-72-64(96-46(10)80)60(94-44(8)78)56(92-42(6)76)52(98-72)36-88-40(4)74/h11-30,37-38,51-64,69-72H,31-36H2,1-10H3/t37-,38-,51+,52+,53+,54+,55-,56-,57+,58+,59-,60-,61-,62-,63+,64+,69-,70-,71-,72-/m0/s1. The molecule has 0 unspecified atom stereocenters. The van der Waals surface area contributed by atoms with Gasteiger partial charge in [-0.15, -0.1) is 0 Å². The highest BCUT2D eigenvalue weighted by molar-refractivity contribution is 8.76. The smallest absolute Gasteiger partial charge is 0.338 e. The van der Waals surface area contributed by atoms with Crippen LogP contribution in [0.2, 0.25) is 0 Å². The first-order valence-electron chi connectivity index (χ1n) is 33.4. The summed E-state index contributed by atoms with van der Waals surface area (Å²) in [7, 11) is 2.55. The van der Waals surface area contributed by atoms with Gasteiger partial charge in [-0.2, -0.15) is 0 Å². The number of carbonyl (C=O) groups excluding carboxylic acids is 12. The first-order chi connectivity index (χ1) is 50.6. The molecule has 106 heavy (non-hydrogen) atoms. The number of hydrogen-bond donors (Lipinski definition) is 0. The van der Waals surface area contributed by atoms with Crippen LogP contribution in [0.3, 0.4) is 0 Å². The van der Waals surface area contributed by atoms with Crippen LogP contribution >= 0.6 is 21.6 Å². The zero-order chi connectivity index (χ0) is 76.7. The molecule has 0 saturated carbocycles. The summed E-state index contributed by atoms with van der Waals surface area (Å²) in [6, 6.07) is 31.1. The largest absolute Gasteiger partial charge is 0.463 e. The fraction of sp³-hybridized carbons (Fsp3) is 0.500. The van der Waals surface area contributed by atoms with Crippen molar-refractivity contribution in [1.29, 1.82) is 0 Å². The maximum Gasteiger partial charge on any atom is 0.338 e. The van der Waals surface area contributed by atoms with E-state index in [1.165, 1.54) is 84.0 Å². The van der Waals surface area contributed by atoms with E-state index in [-0.39, 0.29) is 47.0 Å². The van der Waals surface area contributed by atoms with Gasteiger partial charge in [0.2, 0.25) is 0 Å². The number of benzene rings is 4. The highest BCUT2D eigenvalue weighted by Gasteiger charge is 2.60. The molecule has 8 rings (SSSR count). The van der Waals surface area contributed by atoms with E-state index in [0.29, 0.717) is 0 Å². The SMILES string of the molecule is CC(=O)OC[C@H]1O[C@@H](O[C@H]2[C@@H](OC(=O)c3ccccc3)[C@H](OC(=O)c3ccccc3)[C@@H](OCCSSCCO[C@H]3O[C@@H](C)[C@@H](O[C@@H]4O[C@H](COC(C)=O)[C@H](OC(C)=O)[C@H](OC(C)=O)[C@H]4OC(C)=O)[C@@H](OC(=O)c4ccccc4)[C@@H]3OC(=O)c3ccccc3)O[C@H]2C)[C@H](OC(C)=O)[C@@H](OC(C)=O)[C@H]1OC(C)=O. The van der Waals surface area contributed by atoms with Crippen molar-refractivity contribution in [2.75, 3.05) is 37.9 Å². The number of hydrogen-bond acceptors (Lipinski definition) is 34. The number of carbonyl (C=O) groups is 12. The predicted molar refractivity (Wildman–Crippen MR) is 362 cm³/mol. The summed E-state index contributed by atoms with van der Waals surface area (Å²) in [5, 5.41) is 0. The second kappa shape index (κ2) is 40.0. The average Bonchev–Trinajstić information content (AvgIpc) is 0.772. The Morgan fingerprint density at radius 2 is 0.538 bits per heavy atom. The first kappa shape index (κ1) is 82.6. The van der Waals surface area contributed by atoms with Crippen LogP contribution in [-0.4, -0.2) is 232 Å². The lowest BCUT2D eigenvalue weighted by Gasteiger charge is -2.48. The summed E-state index contributed by atoms with van der Waals surface area (Å²) in [6.45, 7) is 9.97. The van der Waals surface area contributed by atoms with E-state index in [2.05, 4.69) is 0 Å². The van der Waals surface area contributed by atoms with E-state index in [4.69, 9.17) is 94.7 Å². The summed E-state index contributed by atoms with van der Waals surface area (Å²) in [4.78, 5) is 158. The minimum absolute atomic E-state index is 0.0527. The first-order valence-corrected chi connectivity index (χ1v) is 35.9. The Kier molecular flexibility index (Phi) is 31.2. The minimum Gasteiger partial charge on any atom is -0.463 e. The lowest BCUT2D eigenvalue weighted by Crippen LogP contribution is -2.66. The maximum absolute atomic E-state index is 14.3. The quantitative estimate of drug-likeness (QED) is 0.0251. The molecule has 4 aliphatic heterocycles. The van der Waals surface area contributed by atoms with Crippen LogP contribution in [0.4, 0.5) is 0 Å². The van der Waals surface area contributed by atoms with Gasteiger partial charge in [0.15, 0.2) is 86.2 Å². The summed E-state index contributed by atoms with van der Waals surface area (Å²) in [5.74, 6) is -10.4. The fourth-order valence-corrected chi connectivity index (χ4v) is 13.3. The van der Waals surface area contributed by atoms with E-state index in [1.807, 2.05) is 0 Å². The van der Waals surface area contributed by atoms with Crippen LogP contribution in [0.25, 0.3) is 0 Å². The molecule has 20 atom stereocenters. The van der Waals surface area contributed by atoms with Crippen LogP contribution < -0.4 is 0 Å². The van der Waals surface area contributed by atoms with Gasteiger partial charge in [0.05, 0.1) is 47.7 Å². The molecule has 0 aliphatic carbocycles. The van der Waals surface area contributed by atoms with Crippen molar-refractivity contribution in [2.24, 2.45) is 0 Å². The highest BCUT2D eigenvalue weighted by atomic mass is 33.1. The molecule has 0 bridgehead atoms.